The Labute approximate surface area is 92.1 Å². The first kappa shape index (κ1) is 11.8. The van der Waals surface area contributed by atoms with Gasteiger partial charge < -0.3 is 5.11 Å². The van der Waals surface area contributed by atoms with E-state index in [1.165, 1.54) is 0 Å². The fraction of sp³-hybridized carbons (Fsp3) is 0.429. The molecule has 1 rings (SSSR count). The standard InChI is InChI=1S/C14H18O/c1-3-5-12-14(15,11-4-2)13-9-7-6-8-10-13/h2,6-10,15H,3,5,11-12H2,1H3. The average Bonchev–Trinajstić information content (AvgIpc) is 2.28. The van der Waals surface area contributed by atoms with E-state index >= 15 is 0 Å². The Kier molecular flexibility index (Phi) is 4.39. The lowest BCUT2D eigenvalue weighted by molar-refractivity contribution is 0.0304. The molecule has 0 saturated heterocycles. The molecule has 0 fully saturated rings. The van der Waals surface area contributed by atoms with Crippen LogP contribution in [-0.2, 0) is 5.60 Å². The number of rotatable bonds is 5. The van der Waals surface area contributed by atoms with Crippen LogP contribution in [0.2, 0.25) is 0 Å². The predicted molar refractivity (Wildman–Crippen MR) is 63.3 cm³/mol. The number of hydrogen-bond acceptors (Lipinski definition) is 1. The van der Waals surface area contributed by atoms with Gasteiger partial charge in [-0.3, -0.25) is 0 Å². The van der Waals surface area contributed by atoms with Gasteiger partial charge in [0.05, 0.1) is 0 Å². The zero-order chi connectivity index (χ0) is 11.1. The minimum Gasteiger partial charge on any atom is -0.384 e. The Balaban J connectivity index is 2.86. The van der Waals surface area contributed by atoms with Crippen molar-refractivity contribution < 1.29 is 5.11 Å². The van der Waals surface area contributed by atoms with E-state index < -0.39 is 5.60 Å². The van der Waals surface area contributed by atoms with Gasteiger partial charge in [-0.2, -0.15) is 0 Å². The molecular formula is C14H18O. The highest BCUT2D eigenvalue weighted by molar-refractivity contribution is 5.23. The number of unbranched alkanes of at least 4 members (excludes halogenated alkanes) is 1. The summed E-state index contributed by atoms with van der Waals surface area (Å²) < 4.78 is 0. The molecule has 1 nitrogen and oxygen atoms in total. The third kappa shape index (κ3) is 3.11. The molecule has 1 atom stereocenters. The van der Waals surface area contributed by atoms with Crippen LogP contribution < -0.4 is 0 Å². The third-order valence-electron chi connectivity index (χ3n) is 2.65. The molecule has 0 radical (unpaired) electrons. The van der Waals surface area contributed by atoms with E-state index in [0.717, 1.165) is 24.8 Å². The van der Waals surface area contributed by atoms with Crippen LogP contribution in [0.3, 0.4) is 0 Å². The van der Waals surface area contributed by atoms with Crippen LogP contribution in [0.4, 0.5) is 0 Å². The summed E-state index contributed by atoms with van der Waals surface area (Å²) in [5.41, 5.74) is 0.0860. The van der Waals surface area contributed by atoms with Crippen LogP contribution >= 0.6 is 0 Å². The molecule has 0 aliphatic rings. The molecule has 0 heterocycles. The zero-order valence-electron chi connectivity index (χ0n) is 9.24. The smallest absolute Gasteiger partial charge is 0.100 e. The van der Waals surface area contributed by atoms with E-state index in [1.54, 1.807) is 0 Å². The summed E-state index contributed by atoms with van der Waals surface area (Å²) in [4.78, 5) is 0. The van der Waals surface area contributed by atoms with Gasteiger partial charge in [-0.15, -0.1) is 12.3 Å². The van der Waals surface area contributed by atoms with Crippen molar-refractivity contribution in [2.45, 2.75) is 38.2 Å². The largest absolute Gasteiger partial charge is 0.384 e. The van der Waals surface area contributed by atoms with Crippen molar-refractivity contribution >= 4 is 0 Å². The fourth-order valence-corrected chi connectivity index (χ4v) is 1.72. The molecule has 1 heteroatoms. The molecule has 1 N–H and O–H groups in total. The second-order valence-corrected chi connectivity index (χ2v) is 3.88. The van der Waals surface area contributed by atoms with Crippen LogP contribution in [0.15, 0.2) is 30.3 Å². The van der Waals surface area contributed by atoms with Crippen molar-refractivity contribution in [2.24, 2.45) is 0 Å². The summed E-state index contributed by atoms with van der Waals surface area (Å²) in [5.74, 6) is 2.57. The zero-order valence-corrected chi connectivity index (χ0v) is 9.24. The van der Waals surface area contributed by atoms with Crippen molar-refractivity contribution in [1.29, 1.82) is 0 Å². The van der Waals surface area contributed by atoms with E-state index in [0.29, 0.717) is 6.42 Å². The van der Waals surface area contributed by atoms with Crippen LogP contribution in [0.25, 0.3) is 0 Å². The first-order valence-corrected chi connectivity index (χ1v) is 5.44. The maximum absolute atomic E-state index is 10.5. The maximum Gasteiger partial charge on any atom is 0.100 e. The first-order chi connectivity index (χ1) is 7.23. The molecule has 1 aromatic carbocycles. The van der Waals surface area contributed by atoms with E-state index in [2.05, 4.69) is 12.8 Å². The van der Waals surface area contributed by atoms with Gasteiger partial charge in [0.25, 0.3) is 0 Å². The lowest BCUT2D eigenvalue weighted by atomic mass is 9.86. The fourth-order valence-electron chi connectivity index (χ4n) is 1.72. The number of hydrogen-bond donors (Lipinski definition) is 1. The molecule has 1 aromatic rings. The molecule has 0 spiro atoms. The highest BCUT2D eigenvalue weighted by Gasteiger charge is 2.26. The van der Waals surface area contributed by atoms with E-state index in [1.807, 2.05) is 30.3 Å². The van der Waals surface area contributed by atoms with Crippen LogP contribution in [0, 0.1) is 12.3 Å². The highest BCUT2D eigenvalue weighted by atomic mass is 16.3. The van der Waals surface area contributed by atoms with Gasteiger partial charge in [0.2, 0.25) is 0 Å². The molecule has 0 aromatic heterocycles. The summed E-state index contributed by atoms with van der Waals surface area (Å²) >= 11 is 0. The quantitative estimate of drug-likeness (QED) is 0.727. The lowest BCUT2D eigenvalue weighted by Gasteiger charge is -2.26. The van der Waals surface area contributed by atoms with Gasteiger partial charge >= 0.3 is 0 Å². The molecule has 0 amide bonds. The monoisotopic (exact) mass is 202 g/mol. The molecule has 0 saturated carbocycles. The van der Waals surface area contributed by atoms with Crippen molar-refractivity contribution in [1.82, 2.24) is 0 Å². The molecule has 0 bridgehead atoms. The maximum atomic E-state index is 10.5. The van der Waals surface area contributed by atoms with Gasteiger partial charge in [0, 0.05) is 6.42 Å². The van der Waals surface area contributed by atoms with Gasteiger partial charge in [-0.25, -0.2) is 0 Å². The lowest BCUT2D eigenvalue weighted by Crippen LogP contribution is -2.24. The Bertz CT molecular complexity index is 323. The van der Waals surface area contributed by atoms with Gasteiger partial charge in [0.15, 0.2) is 0 Å². The molecule has 80 valence electrons. The van der Waals surface area contributed by atoms with E-state index in [4.69, 9.17) is 6.42 Å². The Morgan fingerprint density at radius 2 is 2.00 bits per heavy atom. The first-order valence-electron chi connectivity index (χ1n) is 5.44. The molecule has 1 unspecified atom stereocenters. The summed E-state index contributed by atoms with van der Waals surface area (Å²) in [7, 11) is 0. The van der Waals surface area contributed by atoms with Crippen LogP contribution in [-0.4, -0.2) is 5.11 Å². The summed E-state index contributed by atoms with van der Waals surface area (Å²) in [5, 5.41) is 10.5. The average molecular weight is 202 g/mol. The topological polar surface area (TPSA) is 20.2 Å². The Hall–Kier alpha value is -1.26. The number of terminal acetylenes is 1. The Morgan fingerprint density at radius 3 is 2.53 bits per heavy atom. The number of benzene rings is 1. The molecule has 15 heavy (non-hydrogen) atoms. The van der Waals surface area contributed by atoms with E-state index in [9.17, 15) is 5.11 Å². The molecule has 0 aliphatic heterocycles. The second-order valence-electron chi connectivity index (χ2n) is 3.88. The molecular weight excluding hydrogens is 184 g/mol. The van der Waals surface area contributed by atoms with Crippen molar-refractivity contribution in [2.75, 3.05) is 0 Å². The minimum atomic E-state index is -0.841. The van der Waals surface area contributed by atoms with Crippen molar-refractivity contribution in [3.8, 4) is 12.3 Å². The SMILES string of the molecule is C#CCC(O)(CCCC)c1ccccc1. The van der Waals surface area contributed by atoms with E-state index in [-0.39, 0.29) is 0 Å². The van der Waals surface area contributed by atoms with Gasteiger partial charge in [-0.05, 0) is 12.0 Å². The highest BCUT2D eigenvalue weighted by Crippen LogP contribution is 2.30. The Morgan fingerprint density at radius 1 is 1.33 bits per heavy atom. The minimum absolute atomic E-state index is 0.386. The van der Waals surface area contributed by atoms with Crippen molar-refractivity contribution in [3.63, 3.8) is 0 Å². The number of aliphatic hydroxyl groups is 1. The van der Waals surface area contributed by atoms with Crippen LogP contribution in [0.5, 0.6) is 0 Å². The van der Waals surface area contributed by atoms with Gasteiger partial charge in [-0.1, -0.05) is 50.1 Å². The van der Waals surface area contributed by atoms with Crippen molar-refractivity contribution in [3.05, 3.63) is 35.9 Å². The van der Waals surface area contributed by atoms with Crippen LogP contribution in [0.1, 0.15) is 38.2 Å². The third-order valence-corrected chi connectivity index (χ3v) is 2.65. The normalized spacial score (nSPS) is 14.2. The predicted octanol–water partition coefficient (Wildman–Crippen LogP) is 3.09. The summed E-state index contributed by atoms with van der Waals surface area (Å²) in [6.07, 6.45) is 8.50. The van der Waals surface area contributed by atoms with Gasteiger partial charge in [0.1, 0.15) is 5.60 Å². The molecule has 0 aliphatic carbocycles. The second kappa shape index (κ2) is 5.58. The summed E-state index contributed by atoms with van der Waals surface area (Å²) in [6, 6.07) is 9.69. The summed E-state index contributed by atoms with van der Waals surface area (Å²) in [6.45, 7) is 2.11.